The van der Waals surface area contributed by atoms with Crippen molar-refractivity contribution in [2.45, 2.75) is 24.4 Å². The lowest BCUT2D eigenvalue weighted by Crippen LogP contribution is -2.50. The normalized spacial score (nSPS) is 15.5. The molecule has 34 heavy (non-hydrogen) atoms. The second-order valence-electron chi connectivity index (χ2n) is 7.88. The zero-order valence-electron chi connectivity index (χ0n) is 18.2. The van der Waals surface area contributed by atoms with Crippen LogP contribution in [0.1, 0.15) is 17.0 Å². The van der Waals surface area contributed by atoms with Crippen molar-refractivity contribution in [3.8, 4) is 11.5 Å². The summed E-state index contributed by atoms with van der Waals surface area (Å²) in [7, 11) is -4.12. The van der Waals surface area contributed by atoms with Crippen molar-refractivity contribution in [1.29, 1.82) is 0 Å². The van der Waals surface area contributed by atoms with E-state index < -0.39 is 26.7 Å². The number of piperazine rings is 1. The van der Waals surface area contributed by atoms with E-state index in [1.165, 1.54) is 4.90 Å². The van der Waals surface area contributed by atoms with Gasteiger partial charge in [0.2, 0.25) is 21.8 Å². The average molecular weight is 494 g/mol. The first-order valence-corrected chi connectivity index (χ1v) is 12.0. The molecule has 1 aliphatic heterocycles. The van der Waals surface area contributed by atoms with Gasteiger partial charge in [-0.25, -0.2) is 13.4 Å². The highest BCUT2D eigenvalue weighted by Gasteiger charge is 2.34. The molecule has 0 aliphatic carbocycles. The summed E-state index contributed by atoms with van der Waals surface area (Å²) in [5.74, 6) is 0.711. The molecule has 3 aromatic rings. The molecule has 7 nitrogen and oxygen atoms in total. The molecular formula is C23H22F3N3O4S. The lowest BCUT2D eigenvalue weighted by atomic mass is 10.2. The van der Waals surface area contributed by atoms with Crippen LogP contribution in [0.3, 0.4) is 0 Å². The van der Waals surface area contributed by atoms with E-state index in [1.54, 1.807) is 6.92 Å². The Morgan fingerprint density at radius 1 is 1.03 bits per heavy atom. The molecule has 0 saturated carbocycles. The zero-order chi connectivity index (χ0) is 24.5. The molecule has 11 heteroatoms. The number of aromatic nitrogens is 1. The molecule has 1 aromatic heterocycles. The van der Waals surface area contributed by atoms with Gasteiger partial charge < -0.3 is 9.32 Å². The second-order valence-corrected chi connectivity index (χ2v) is 9.81. The predicted octanol–water partition coefficient (Wildman–Crippen LogP) is 3.74. The summed E-state index contributed by atoms with van der Waals surface area (Å²) in [5, 5.41) is 0. The number of oxazole rings is 1. The topological polar surface area (TPSA) is 83.7 Å². The molecule has 2 aromatic carbocycles. The molecule has 0 atom stereocenters. The van der Waals surface area contributed by atoms with Crippen molar-refractivity contribution in [3.63, 3.8) is 0 Å². The van der Waals surface area contributed by atoms with E-state index >= 15 is 0 Å². The fraction of sp³-hybridized carbons (Fsp3) is 0.304. The Kier molecular flexibility index (Phi) is 6.50. The van der Waals surface area contributed by atoms with Crippen molar-refractivity contribution in [2.75, 3.05) is 26.2 Å². The summed E-state index contributed by atoms with van der Waals surface area (Å²) in [5.41, 5.74) is 0.265. The summed E-state index contributed by atoms with van der Waals surface area (Å²) >= 11 is 0. The van der Waals surface area contributed by atoms with Crippen LogP contribution in [0.25, 0.3) is 11.5 Å². The van der Waals surface area contributed by atoms with Crippen molar-refractivity contribution in [2.24, 2.45) is 0 Å². The Labute approximate surface area is 194 Å². The molecule has 0 bridgehead atoms. The predicted molar refractivity (Wildman–Crippen MR) is 117 cm³/mol. The number of amides is 1. The Hall–Kier alpha value is -3.18. The van der Waals surface area contributed by atoms with Gasteiger partial charge in [0.15, 0.2) is 0 Å². The maximum Gasteiger partial charge on any atom is 0.416 e. The number of hydrogen-bond acceptors (Lipinski definition) is 5. The van der Waals surface area contributed by atoms with Gasteiger partial charge in [0.05, 0.1) is 22.6 Å². The molecule has 0 N–H and O–H groups in total. The zero-order valence-corrected chi connectivity index (χ0v) is 19.1. The third-order valence-corrected chi connectivity index (χ3v) is 7.52. The molecule has 2 heterocycles. The highest BCUT2D eigenvalue weighted by molar-refractivity contribution is 7.89. The largest absolute Gasteiger partial charge is 0.441 e. The average Bonchev–Trinajstić information content (AvgIpc) is 3.19. The van der Waals surface area contributed by atoms with Gasteiger partial charge in [-0.3, -0.25) is 4.79 Å². The van der Waals surface area contributed by atoms with Crippen molar-refractivity contribution >= 4 is 15.9 Å². The number of benzene rings is 2. The summed E-state index contributed by atoms with van der Waals surface area (Å²) < 4.78 is 71.4. The van der Waals surface area contributed by atoms with E-state index in [1.807, 2.05) is 30.3 Å². The van der Waals surface area contributed by atoms with Gasteiger partial charge in [0.1, 0.15) is 5.76 Å². The molecule has 1 aliphatic rings. The van der Waals surface area contributed by atoms with Gasteiger partial charge in [-0.2, -0.15) is 17.5 Å². The summed E-state index contributed by atoms with van der Waals surface area (Å²) in [6.45, 7) is 1.94. The molecule has 1 fully saturated rings. The number of sulfonamides is 1. The molecule has 180 valence electrons. The van der Waals surface area contributed by atoms with Crippen LogP contribution in [-0.4, -0.2) is 54.7 Å². The lowest BCUT2D eigenvalue weighted by molar-refractivity contribution is -0.137. The van der Waals surface area contributed by atoms with E-state index in [2.05, 4.69) is 4.98 Å². The number of halogens is 3. The minimum absolute atomic E-state index is 0.00252. The van der Waals surface area contributed by atoms with Crippen molar-refractivity contribution in [3.05, 3.63) is 71.6 Å². The van der Waals surface area contributed by atoms with Crippen LogP contribution in [0, 0.1) is 6.92 Å². The molecule has 0 radical (unpaired) electrons. The van der Waals surface area contributed by atoms with Crippen LogP contribution < -0.4 is 0 Å². The molecule has 4 rings (SSSR count). The van der Waals surface area contributed by atoms with E-state index in [0.29, 0.717) is 23.4 Å². The van der Waals surface area contributed by atoms with Gasteiger partial charge >= 0.3 is 6.18 Å². The number of carbonyl (C=O) groups is 1. The number of rotatable bonds is 5. The smallest absolute Gasteiger partial charge is 0.416 e. The van der Waals surface area contributed by atoms with E-state index in [0.717, 1.165) is 28.1 Å². The first-order valence-electron chi connectivity index (χ1n) is 10.5. The number of nitrogens with zero attached hydrogens (tertiary/aromatic N) is 3. The molecule has 0 spiro atoms. The molecule has 0 unspecified atom stereocenters. The number of carbonyl (C=O) groups excluding carboxylic acids is 1. The second kappa shape index (κ2) is 9.22. The van der Waals surface area contributed by atoms with Crippen molar-refractivity contribution < 1.29 is 30.8 Å². The van der Waals surface area contributed by atoms with Gasteiger partial charge in [-0.05, 0) is 37.3 Å². The van der Waals surface area contributed by atoms with Crippen molar-refractivity contribution in [1.82, 2.24) is 14.2 Å². The minimum atomic E-state index is -4.64. The third-order valence-electron chi connectivity index (χ3n) is 5.62. The first kappa shape index (κ1) is 24.0. The Morgan fingerprint density at radius 3 is 2.35 bits per heavy atom. The Morgan fingerprint density at radius 2 is 1.71 bits per heavy atom. The fourth-order valence-corrected chi connectivity index (χ4v) is 5.18. The van der Waals surface area contributed by atoms with Gasteiger partial charge in [0, 0.05) is 31.7 Å². The van der Waals surface area contributed by atoms with Crippen LogP contribution in [0.5, 0.6) is 0 Å². The standard InChI is InChI=1S/C23H22F3N3O4S/c1-16-20(27-22(33-16)17-6-3-2-4-7-17)15-21(30)28-10-12-29(13-11-28)34(31,32)19-9-5-8-18(14-19)23(24,25)26/h2-9,14H,10-13,15H2,1H3. The monoisotopic (exact) mass is 493 g/mol. The summed E-state index contributed by atoms with van der Waals surface area (Å²) in [4.78, 5) is 18.3. The van der Waals surface area contributed by atoms with Crippen LogP contribution >= 0.6 is 0 Å². The van der Waals surface area contributed by atoms with E-state index in [-0.39, 0.29) is 38.5 Å². The lowest BCUT2D eigenvalue weighted by Gasteiger charge is -2.34. The Bertz CT molecular complexity index is 1280. The van der Waals surface area contributed by atoms with Gasteiger partial charge in [-0.1, -0.05) is 24.3 Å². The number of aryl methyl sites for hydroxylation is 1. The Balaban J connectivity index is 1.40. The number of hydrogen-bond donors (Lipinski definition) is 0. The molecule has 1 amide bonds. The molecule has 1 saturated heterocycles. The first-order chi connectivity index (χ1) is 16.1. The number of alkyl halides is 3. The van der Waals surface area contributed by atoms with Gasteiger partial charge in [0.25, 0.3) is 0 Å². The van der Waals surface area contributed by atoms with Crippen LogP contribution in [0.2, 0.25) is 0 Å². The maximum atomic E-state index is 13.0. The summed E-state index contributed by atoms with van der Waals surface area (Å²) in [6, 6.07) is 12.9. The quantitative estimate of drug-likeness (QED) is 0.541. The molecular weight excluding hydrogens is 471 g/mol. The highest BCUT2D eigenvalue weighted by atomic mass is 32.2. The van der Waals surface area contributed by atoms with E-state index in [4.69, 9.17) is 4.42 Å². The SMILES string of the molecule is Cc1oc(-c2ccccc2)nc1CC(=O)N1CCN(S(=O)(=O)c2cccc(C(F)(F)F)c2)CC1. The van der Waals surface area contributed by atoms with E-state index in [9.17, 15) is 26.4 Å². The van der Waals surface area contributed by atoms with Crippen LogP contribution in [0.15, 0.2) is 63.9 Å². The third kappa shape index (κ3) is 5.00. The highest BCUT2D eigenvalue weighted by Crippen LogP contribution is 2.31. The van der Waals surface area contributed by atoms with Crippen LogP contribution in [0.4, 0.5) is 13.2 Å². The van der Waals surface area contributed by atoms with Crippen LogP contribution in [-0.2, 0) is 27.4 Å². The fourth-order valence-electron chi connectivity index (χ4n) is 3.71. The maximum absolute atomic E-state index is 13.0. The summed E-state index contributed by atoms with van der Waals surface area (Å²) in [6.07, 6.45) is -4.64. The minimum Gasteiger partial charge on any atom is -0.441 e. The van der Waals surface area contributed by atoms with Gasteiger partial charge in [-0.15, -0.1) is 0 Å².